The maximum absolute atomic E-state index is 10.7. The summed E-state index contributed by atoms with van der Waals surface area (Å²) in [6, 6.07) is 3.54. The lowest BCUT2D eigenvalue weighted by molar-refractivity contribution is 0.112. The van der Waals surface area contributed by atoms with Crippen LogP contribution in [0.1, 0.15) is 22.8 Å². The van der Waals surface area contributed by atoms with E-state index in [1.165, 1.54) is 0 Å². The van der Waals surface area contributed by atoms with E-state index in [9.17, 15) is 4.79 Å². The van der Waals surface area contributed by atoms with E-state index in [0.29, 0.717) is 11.3 Å². The minimum atomic E-state index is 0.552. The molecule has 0 amide bonds. The Morgan fingerprint density at radius 1 is 1.50 bits per heavy atom. The van der Waals surface area contributed by atoms with Gasteiger partial charge in [0.15, 0.2) is 6.29 Å². The number of carbonyl (C=O) groups is 1. The first-order chi connectivity index (χ1) is 6.74. The van der Waals surface area contributed by atoms with Gasteiger partial charge in [0.25, 0.3) is 0 Å². The highest BCUT2D eigenvalue weighted by Gasteiger charge is 2.07. The Labute approximate surface area is 91.5 Å². The van der Waals surface area contributed by atoms with E-state index < -0.39 is 0 Å². The van der Waals surface area contributed by atoms with Gasteiger partial charge in [-0.25, -0.2) is 0 Å². The molecule has 0 aliphatic heterocycles. The molecule has 3 heteroatoms. The van der Waals surface area contributed by atoms with Crippen molar-refractivity contribution in [1.29, 1.82) is 0 Å². The summed E-state index contributed by atoms with van der Waals surface area (Å²) in [7, 11) is 0. The fraction of sp³-hybridized carbons (Fsp3) is 0.0909. The molecular formula is C11H10BrNO. The van der Waals surface area contributed by atoms with Crippen LogP contribution in [0.25, 0.3) is 6.08 Å². The van der Waals surface area contributed by atoms with Crippen LogP contribution in [0.5, 0.6) is 0 Å². The molecule has 0 N–H and O–H groups in total. The first kappa shape index (κ1) is 10.9. The Balaban J connectivity index is 3.49. The van der Waals surface area contributed by atoms with Gasteiger partial charge in [-0.3, -0.25) is 9.79 Å². The molecule has 0 aliphatic carbocycles. The number of carbonyl (C=O) groups excluding carboxylic acids is 1. The molecule has 0 aliphatic rings. The van der Waals surface area contributed by atoms with E-state index in [-0.39, 0.29) is 0 Å². The van der Waals surface area contributed by atoms with Crippen molar-refractivity contribution in [1.82, 2.24) is 0 Å². The summed E-state index contributed by atoms with van der Waals surface area (Å²) >= 11 is 3.40. The normalized spacial score (nSPS) is 10.4. The first-order valence-corrected chi connectivity index (χ1v) is 4.91. The van der Waals surface area contributed by atoms with Crippen LogP contribution in [-0.4, -0.2) is 13.0 Å². The molecule has 0 bridgehead atoms. The average molecular weight is 252 g/mol. The van der Waals surface area contributed by atoms with Gasteiger partial charge in [0.2, 0.25) is 0 Å². The lowest BCUT2D eigenvalue weighted by Gasteiger charge is -2.05. The molecule has 1 aromatic rings. The molecule has 1 aromatic carbocycles. The summed E-state index contributed by atoms with van der Waals surface area (Å²) < 4.78 is 0.906. The third kappa shape index (κ3) is 1.99. The van der Waals surface area contributed by atoms with Crippen molar-refractivity contribution in [2.75, 3.05) is 0 Å². The minimum Gasteiger partial charge on any atom is -0.298 e. The highest BCUT2D eigenvalue weighted by molar-refractivity contribution is 9.10. The van der Waals surface area contributed by atoms with E-state index in [1.54, 1.807) is 6.07 Å². The van der Waals surface area contributed by atoms with Gasteiger partial charge >= 0.3 is 0 Å². The second-order valence-corrected chi connectivity index (χ2v) is 3.53. The topological polar surface area (TPSA) is 29.4 Å². The number of allylic oxidation sites excluding steroid dienone is 1. The number of halogens is 1. The lowest BCUT2D eigenvalue weighted by Crippen LogP contribution is -1.86. The van der Waals surface area contributed by atoms with Gasteiger partial charge in [-0.15, -0.1) is 0 Å². The Morgan fingerprint density at radius 3 is 2.71 bits per heavy atom. The van der Waals surface area contributed by atoms with Crippen molar-refractivity contribution in [2.24, 2.45) is 4.99 Å². The summed E-state index contributed by atoms with van der Waals surface area (Å²) in [5, 5.41) is 0. The van der Waals surface area contributed by atoms with Crippen LogP contribution in [0.3, 0.4) is 0 Å². The number of rotatable bonds is 3. The Kier molecular flexibility index (Phi) is 3.77. The number of hydrogen-bond acceptors (Lipinski definition) is 2. The van der Waals surface area contributed by atoms with Crippen molar-refractivity contribution in [2.45, 2.75) is 6.92 Å². The summed E-state index contributed by atoms with van der Waals surface area (Å²) in [6.07, 6.45) is 4.56. The van der Waals surface area contributed by atoms with Crippen LogP contribution in [0.15, 0.2) is 27.7 Å². The van der Waals surface area contributed by atoms with Crippen molar-refractivity contribution >= 4 is 40.7 Å². The highest BCUT2D eigenvalue weighted by atomic mass is 79.9. The van der Waals surface area contributed by atoms with Crippen LogP contribution < -0.4 is 0 Å². The van der Waals surface area contributed by atoms with Gasteiger partial charge in [0.1, 0.15) is 0 Å². The lowest BCUT2D eigenvalue weighted by atomic mass is 10.1. The van der Waals surface area contributed by atoms with Crippen LogP contribution in [-0.2, 0) is 0 Å². The third-order valence-corrected chi connectivity index (χ3v) is 2.50. The van der Waals surface area contributed by atoms with Crippen molar-refractivity contribution < 1.29 is 4.79 Å². The maximum Gasteiger partial charge on any atom is 0.152 e. The summed E-state index contributed by atoms with van der Waals surface area (Å²) in [4.78, 5) is 14.6. The summed E-state index contributed by atoms with van der Waals surface area (Å²) in [5.41, 5.74) is 2.05. The van der Waals surface area contributed by atoms with E-state index in [1.807, 2.05) is 25.1 Å². The molecule has 72 valence electrons. The molecule has 0 fully saturated rings. The molecule has 0 aromatic heterocycles. The van der Waals surface area contributed by atoms with Gasteiger partial charge in [0, 0.05) is 15.6 Å². The van der Waals surface area contributed by atoms with E-state index in [4.69, 9.17) is 0 Å². The molecule has 1 rings (SSSR count). The zero-order valence-electron chi connectivity index (χ0n) is 7.83. The quantitative estimate of drug-likeness (QED) is 0.596. The molecule has 14 heavy (non-hydrogen) atoms. The van der Waals surface area contributed by atoms with Gasteiger partial charge in [-0.2, -0.15) is 0 Å². The second kappa shape index (κ2) is 4.86. The van der Waals surface area contributed by atoms with Gasteiger partial charge < -0.3 is 0 Å². The fourth-order valence-corrected chi connectivity index (χ4v) is 1.65. The van der Waals surface area contributed by atoms with E-state index in [2.05, 4.69) is 27.6 Å². The number of nitrogens with zero attached hydrogens (tertiary/aromatic N) is 1. The van der Waals surface area contributed by atoms with Crippen molar-refractivity contribution in [3.05, 3.63) is 33.8 Å². The number of aldehydes is 1. The van der Waals surface area contributed by atoms with Crippen LogP contribution in [0.2, 0.25) is 0 Å². The third-order valence-electron chi connectivity index (χ3n) is 1.81. The predicted molar refractivity (Wildman–Crippen MR) is 63.4 cm³/mol. The molecule has 0 saturated heterocycles. The highest BCUT2D eigenvalue weighted by Crippen LogP contribution is 2.31. The van der Waals surface area contributed by atoms with Crippen LogP contribution >= 0.6 is 15.9 Å². The van der Waals surface area contributed by atoms with Crippen molar-refractivity contribution in [3.63, 3.8) is 0 Å². The molecule has 2 nitrogen and oxygen atoms in total. The Hall–Kier alpha value is -1.22. The number of aliphatic imine (C=N–C) groups is 1. The fourth-order valence-electron chi connectivity index (χ4n) is 1.20. The smallest absolute Gasteiger partial charge is 0.152 e. The monoisotopic (exact) mass is 251 g/mol. The van der Waals surface area contributed by atoms with Gasteiger partial charge in [0.05, 0.1) is 5.69 Å². The number of benzene rings is 1. The van der Waals surface area contributed by atoms with Gasteiger partial charge in [-0.1, -0.05) is 28.1 Å². The summed E-state index contributed by atoms with van der Waals surface area (Å²) in [5.74, 6) is 0. The Morgan fingerprint density at radius 2 is 2.21 bits per heavy atom. The van der Waals surface area contributed by atoms with Crippen molar-refractivity contribution in [3.8, 4) is 0 Å². The van der Waals surface area contributed by atoms with E-state index >= 15 is 0 Å². The van der Waals surface area contributed by atoms with Crippen LogP contribution in [0.4, 0.5) is 5.69 Å². The molecule has 0 unspecified atom stereocenters. The molecular weight excluding hydrogens is 242 g/mol. The first-order valence-electron chi connectivity index (χ1n) is 4.11. The van der Waals surface area contributed by atoms with Gasteiger partial charge in [-0.05, 0) is 25.8 Å². The summed E-state index contributed by atoms with van der Waals surface area (Å²) in [6.45, 7) is 5.37. The SMILES string of the molecule is C=Nc1c(C=O)ccc(Br)c1/C=C\C. The standard InChI is InChI=1S/C11H10BrNO/c1-3-4-9-10(12)6-5-8(7-14)11(9)13-2/h3-7H,2H2,1H3/b4-3-. The largest absolute Gasteiger partial charge is 0.298 e. The zero-order chi connectivity index (χ0) is 10.6. The van der Waals surface area contributed by atoms with Crippen LogP contribution in [0, 0.1) is 0 Å². The molecule has 0 atom stereocenters. The molecule has 0 heterocycles. The minimum absolute atomic E-state index is 0.552. The molecule has 0 radical (unpaired) electrons. The number of hydrogen-bond donors (Lipinski definition) is 0. The Bertz CT molecular complexity index is 397. The maximum atomic E-state index is 10.7. The molecule has 0 saturated carbocycles. The zero-order valence-corrected chi connectivity index (χ0v) is 9.41. The molecule has 0 spiro atoms. The van der Waals surface area contributed by atoms with E-state index in [0.717, 1.165) is 16.3 Å². The average Bonchev–Trinajstić information content (AvgIpc) is 2.21. The predicted octanol–water partition coefficient (Wildman–Crippen LogP) is 3.63. The second-order valence-electron chi connectivity index (χ2n) is 2.67.